The van der Waals surface area contributed by atoms with Gasteiger partial charge in [-0.15, -0.1) is 0 Å². The summed E-state index contributed by atoms with van der Waals surface area (Å²) in [6.45, 7) is 3.09. The third-order valence-electron chi connectivity index (χ3n) is 7.29. The molecule has 0 heterocycles. The Morgan fingerprint density at radius 1 is 0.667 bits per heavy atom. The van der Waals surface area contributed by atoms with Crippen molar-refractivity contribution in [2.75, 3.05) is 6.61 Å². The first-order valence-corrected chi connectivity index (χ1v) is 14.3. The first-order chi connectivity index (χ1) is 17.8. The molecule has 4 rings (SSSR count). The summed E-state index contributed by atoms with van der Waals surface area (Å²) in [5, 5.41) is 0. The van der Waals surface area contributed by atoms with Gasteiger partial charge in [-0.3, -0.25) is 4.99 Å². The number of benzene rings is 3. The van der Waals surface area contributed by atoms with Gasteiger partial charge in [-0.1, -0.05) is 108 Å². The van der Waals surface area contributed by atoms with Gasteiger partial charge in [0.2, 0.25) is 0 Å². The SMILES string of the molecule is CCCCCCCCCCCCCCOc1ccc(C=Nc2ccc3c(c2)Cc2ccccc2-3)cc1. The molecule has 0 radical (unpaired) electrons. The normalized spacial score (nSPS) is 12.1. The minimum atomic E-state index is 0.808. The fourth-order valence-corrected chi connectivity index (χ4v) is 5.14. The minimum absolute atomic E-state index is 0.808. The zero-order valence-corrected chi connectivity index (χ0v) is 22.2. The number of rotatable bonds is 16. The van der Waals surface area contributed by atoms with Gasteiger partial charge >= 0.3 is 0 Å². The molecule has 0 N–H and O–H groups in total. The number of aliphatic imine (C=N–C) groups is 1. The predicted octanol–water partition coefficient (Wildman–Crippen LogP) is 10.1. The molecule has 2 heteroatoms. The number of ether oxygens (including phenoxy) is 1. The van der Waals surface area contributed by atoms with Crippen LogP contribution in [0.4, 0.5) is 5.69 Å². The maximum absolute atomic E-state index is 5.95. The lowest BCUT2D eigenvalue weighted by Crippen LogP contribution is -1.97. The lowest BCUT2D eigenvalue weighted by atomic mass is 10.1. The fraction of sp³-hybridized carbons (Fsp3) is 0.441. The number of hydrogen-bond acceptors (Lipinski definition) is 2. The summed E-state index contributed by atoms with van der Waals surface area (Å²) < 4.78 is 5.95. The molecule has 0 spiro atoms. The molecule has 0 bridgehead atoms. The van der Waals surface area contributed by atoms with Gasteiger partial charge in [-0.25, -0.2) is 0 Å². The molecule has 36 heavy (non-hydrogen) atoms. The molecule has 0 unspecified atom stereocenters. The molecule has 0 aliphatic heterocycles. The lowest BCUT2D eigenvalue weighted by molar-refractivity contribution is 0.304. The molecule has 0 saturated carbocycles. The highest BCUT2D eigenvalue weighted by Crippen LogP contribution is 2.38. The number of unbranched alkanes of at least 4 members (excludes halogenated alkanes) is 11. The van der Waals surface area contributed by atoms with Gasteiger partial charge in [-0.2, -0.15) is 0 Å². The van der Waals surface area contributed by atoms with Crippen molar-refractivity contribution in [3.63, 3.8) is 0 Å². The average Bonchev–Trinajstić information content (AvgIpc) is 3.28. The van der Waals surface area contributed by atoms with Crippen LogP contribution in [0.15, 0.2) is 71.7 Å². The van der Waals surface area contributed by atoms with E-state index in [2.05, 4.69) is 73.7 Å². The minimum Gasteiger partial charge on any atom is -0.494 e. The quantitative estimate of drug-likeness (QED) is 0.115. The van der Waals surface area contributed by atoms with Crippen molar-refractivity contribution in [3.05, 3.63) is 83.4 Å². The molecule has 0 amide bonds. The molecule has 0 fully saturated rings. The third kappa shape index (κ3) is 8.08. The van der Waals surface area contributed by atoms with Crippen molar-refractivity contribution in [1.29, 1.82) is 0 Å². The number of nitrogens with zero attached hydrogens (tertiary/aromatic N) is 1. The van der Waals surface area contributed by atoms with Crippen molar-refractivity contribution >= 4 is 11.9 Å². The Morgan fingerprint density at radius 2 is 1.31 bits per heavy atom. The van der Waals surface area contributed by atoms with E-state index in [0.717, 1.165) is 36.4 Å². The summed E-state index contributed by atoms with van der Waals surface area (Å²) in [4.78, 5) is 4.72. The van der Waals surface area contributed by atoms with Crippen LogP contribution in [0, 0.1) is 0 Å². The van der Waals surface area contributed by atoms with Gasteiger partial charge in [0.05, 0.1) is 12.3 Å². The van der Waals surface area contributed by atoms with Crippen LogP contribution in [0.1, 0.15) is 101 Å². The van der Waals surface area contributed by atoms with Crippen LogP contribution in [-0.4, -0.2) is 12.8 Å². The summed E-state index contributed by atoms with van der Waals surface area (Å²) in [5.74, 6) is 0.950. The summed E-state index contributed by atoms with van der Waals surface area (Å²) in [6, 6.07) is 23.5. The molecule has 0 atom stereocenters. The highest BCUT2D eigenvalue weighted by Gasteiger charge is 2.17. The van der Waals surface area contributed by atoms with E-state index in [-0.39, 0.29) is 0 Å². The molecular weight excluding hydrogens is 438 g/mol. The van der Waals surface area contributed by atoms with Gasteiger partial charge in [-0.05, 0) is 77.1 Å². The van der Waals surface area contributed by atoms with Gasteiger partial charge in [0.15, 0.2) is 0 Å². The summed E-state index contributed by atoms with van der Waals surface area (Å²) >= 11 is 0. The van der Waals surface area contributed by atoms with Crippen molar-refractivity contribution in [2.24, 2.45) is 4.99 Å². The Kier molecular flexibility index (Phi) is 10.6. The topological polar surface area (TPSA) is 21.6 Å². The number of fused-ring (bicyclic) bond motifs is 3. The van der Waals surface area contributed by atoms with Crippen molar-refractivity contribution in [1.82, 2.24) is 0 Å². The second-order valence-electron chi connectivity index (χ2n) is 10.2. The van der Waals surface area contributed by atoms with Gasteiger partial charge in [0.1, 0.15) is 5.75 Å². The van der Waals surface area contributed by atoms with Crippen molar-refractivity contribution < 1.29 is 4.74 Å². The van der Waals surface area contributed by atoms with E-state index < -0.39 is 0 Å². The number of hydrogen-bond donors (Lipinski definition) is 0. The second kappa shape index (κ2) is 14.6. The smallest absolute Gasteiger partial charge is 0.119 e. The van der Waals surface area contributed by atoms with E-state index in [4.69, 9.17) is 9.73 Å². The van der Waals surface area contributed by atoms with Crippen LogP contribution in [0.5, 0.6) is 5.75 Å². The summed E-state index contributed by atoms with van der Waals surface area (Å²) in [5.41, 5.74) is 7.59. The van der Waals surface area contributed by atoms with Crippen molar-refractivity contribution in [3.8, 4) is 16.9 Å². The first-order valence-electron chi connectivity index (χ1n) is 14.3. The van der Waals surface area contributed by atoms with Gasteiger partial charge in [0.25, 0.3) is 0 Å². The van der Waals surface area contributed by atoms with Crippen LogP contribution in [0.2, 0.25) is 0 Å². The molecule has 1 aliphatic carbocycles. The predicted molar refractivity (Wildman–Crippen MR) is 155 cm³/mol. The zero-order chi connectivity index (χ0) is 24.8. The highest BCUT2D eigenvalue weighted by atomic mass is 16.5. The van der Waals surface area contributed by atoms with Crippen LogP contribution in [-0.2, 0) is 6.42 Å². The molecule has 2 nitrogen and oxygen atoms in total. The fourth-order valence-electron chi connectivity index (χ4n) is 5.14. The van der Waals surface area contributed by atoms with E-state index >= 15 is 0 Å². The molecule has 0 saturated heterocycles. The second-order valence-corrected chi connectivity index (χ2v) is 10.2. The molecule has 3 aromatic carbocycles. The largest absolute Gasteiger partial charge is 0.494 e. The van der Waals surface area contributed by atoms with Crippen LogP contribution in [0.3, 0.4) is 0 Å². The van der Waals surface area contributed by atoms with E-state index in [0.29, 0.717) is 0 Å². The maximum Gasteiger partial charge on any atom is 0.119 e. The van der Waals surface area contributed by atoms with Crippen molar-refractivity contribution in [2.45, 2.75) is 90.4 Å². The Bertz CT molecular complexity index is 1080. The molecule has 190 valence electrons. The Balaban J connectivity index is 1.09. The standard InChI is InChI=1S/C34H43NO/c1-2-3-4-5-6-7-8-9-10-11-12-15-24-36-32-21-18-28(19-22-32)27-35-31-20-23-34-30(26-31)25-29-16-13-14-17-33(29)34/h13-14,16-23,26-27H,2-12,15,24-25H2,1H3. The van der Waals surface area contributed by atoms with E-state index in [1.165, 1.54) is 92.9 Å². The maximum atomic E-state index is 5.95. The average molecular weight is 482 g/mol. The Hall–Kier alpha value is -2.87. The summed E-state index contributed by atoms with van der Waals surface area (Å²) in [7, 11) is 0. The first kappa shape index (κ1) is 26.2. The molecular formula is C34H43NO. The zero-order valence-electron chi connectivity index (χ0n) is 22.2. The van der Waals surface area contributed by atoms with Gasteiger partial charge in [0, 0.05) is 6.21 Å². The lowest BCUT2D eigenvalue weighted by Gasteiger charge is -2.07. The van der Waals surface area contributed by atoms with Crippen LogP contribution >= 0.6 is 0 Å². The van der Waals surface area contributed by atoms with Crippen LogP contribution in [0.25, 0.3) is 11.1 Å². The third-order valence-corrected chi connectivity index (χ3v) is 7.29. The van der Waals surface area contributed by atoms with E-state index in [1.807, 2.05) is 6.21 Å². The monoisotopic (exact) mass is 481 g/mol. The summed E-state index contributed by atoms with van der Waals surface area (Å²) in [6.07, 6.45) is 19.4. The van der Waals surface area contributed by atoms with Gasteiger partial charge < -0.3 is 4.74 Å². The Morgan fingerprint density at radius 3 is 2.03 bits per heavy atom. The Labute approximate surface area is 218 Å². The molecule has 1 aliphatic rings. The molecule has 0 aromatic heterocycles. The van der Waals surface area contributed by atoms with E-state index in [1.54, 1.807) is 0 Å². The highest BCUT2D eigenvalue weighted by molar-refractivity contribution is 5.83. The van der Waals surface area contributed by atoms with Crippen LogP contribution < -0.4 is 4.74 Å². The molecule has 3 aromatic rings. The van der Waals surface area contributed by atoms with E-state index in [9.17, 15) is 0 Å².